The number of nitrogens with zero attached hydrogens (tertiary/aromatic N) is 1. The van der Waals surface area contributed by atoms with Crippen LogP contribution in [0, 0.1) is 5.82 Å². The fourth-order valence-electron chi connectivity index (χ4n) is 1.78. The van der Waals surface area contributed by atoms with Gasteiger partial charge < -0.3 is 15.3 Å². The quantitative estimate of drug-likeness (QED) is 0.788. The number of hydrogen-bond acceptors (Lipinski definition) is 3. The number of aliphatic hydroxyl groups is 1. The molecular weight excluding hydrogens is 219 g/mol. The third-order valence-electron chi connectivity index (χ3n) is 3.03. The molecule has 1 aromatic carbocycles. The lowest BCUT2D eigenvalue weighted by Gasteiger charge is -2.19. The summed E-state index contributed by atoms with van der Waals surface area (Å²) >= 11 is 0. The van der Waals surface area contributed by atoms with E-state index in [0.717, 1.165) is 12.1 Å². The molecule has 0 bridgehead atoms. The van der Waals surface area contributed by atoms with Crippen molar-refractivity contribution in [2.24, 2.45) is 0 Å². The van der Waals surface area contributed by atoms with Crippen LogP contribution in [0.2, 0.25) is 0 Å². The van der Waals surface area contributed by atoms with Crippen LogP contribution in [0.15, 0.2) is 18.2 Å². The summed E-state index contributed by atoms with van der Waals surface area (Å²) in [4.78, 5) is 1.73. The van der Waals surface area contributed by atoms with E-state index in [4.69, 9.17) is 5.11 Å². The van der Waals surface area contributed by atoms with E-state index in [1.165, 1.54) is 18.9 Å². The lowest BCUT2D eigenvalue weighted by Crippen LogP contribution is -2.23. The molecule has 1 aromatic rings. The Morgan fingerprint density at radius 1 is 1.47 bits per heavy atom. The van der Waals surface area contributed by atoms with E-state index in [1.54, 1.807) is 18.0 Å². The van der Waals surface area contributed by atoms with Crippen molar-refractivity contribution in [2.75, 3.05) is 25.1 Å². The molecule has 2 N–H and O–H groups in total. The highest BCUT2D eigenvalue weighted by molar-refractivity contribution is 5.49. The highest BCUT2D eigenvalue weighted by Gasteiger charge is 2.20. The first-order valence-electron chi connectivity index (χ1n) is 6.04. The minimum Gasteiger partial charge on any atom is -0.395 e. The van der Waals surface area contributed by atoms with Crippen molar-refractivity contribution in [3.8, 4) is 0 Å². The topological polar surface area (TPSA) is 35.5 Å². The molecule has 1 aliphatic carbocycles. The third-order valence-corrected chi connectivity index (χ3v) is 3.03. The van der Waals surface area contributed by atoms with Gasteiger partial charge in [0.05, 0.1) is 12.3 Å². The molecule has 17 heavy (non-hydrogen) atoms. The lowest BCUT2D eigenvalue weighted by molar-refractivity contribution is 0.303. The van der Waals surface area contributed by atoms with Crippen molar-refractivity contribution in [3.05, 3.63) is 29.6 Å². The average molecular weight is 238 g/mol. The number of halogens is 1. The largest absolute Gasteiger partial charge is 0.395 e. The number of hydrogen-bond donors (Lipinski definition) is 2. The Morgan fingerprint density at radius 3 is 2.88 bits per heavy atom. The van der Waals surface area contributed by atoms with E-state index < -0.39 is 0 Å². The number of rotatable bonds is 6. The van der Waals surface area contributed by atoms with E-state index in [1.807, 2.05) is 6.07 Å². The minimum absolute atomic E-state index is 0.0283. The van der Waals surface area contributed by atoms with Gasteiger partial charge in [0, 0.05) is 26.2 Å². The summed E-state index contributed by atoms with van der Waals surface area (Å²) in [6.07, 6.45) is 2.50. The lowest BCUT2D eigenvalue weighted by atomic mass is 10.1. The second-order valence-electron chi connectivity index (χ2n) is 4.59. The standard InChI is InChI=1S/C13H19FN2O/c1-16(6-7-17)13-8-10(2-5-12(13)14)9-15-11-3-4-11/h2,5,8,11,15,17H,3-4,6-7,9H2,1H3. The van der Waals surface area contributed by atoms with Gasteiger partial charge in [-0.05, 0) is 30.5 Å². The van der Waals surface area contributed by atoms with Crippen molar-refractivity contribution in [3.63, 3.8) is 0 Å². The van der Waals surface area contributed by atoms with Crippen molar-refractivity contribution < 1.29 is 9.50 Å². The molecule has 1 saturated carbocycles. The maximum Gasteiger partial charge on any atom is 0.146 e. The fourth-order valence-corrected chi connectivity index (χ4v) is 1.78. The molecule has 1 fully saturated rings. The van der Waals surface area contributed by atoms with Gasteiger partial charge in [-0.25, -0.2) is 4.39 Å². The monoisotopic (exact) mass is 238 g/mol. The first-order valence-corrected chi connectivity index (χ1v) is 6.04. The van der Waals surface area contributed by atoms with Crippen LogP contribution in [0.5, 0.6) is 0 Å². The second kappa shape index (κ2) is 5.47. The molecular formula is C13H19FN2O. The van der Waals surface area contributed by atoms with E-state index in [2.05, 4.69) is 5.32 Å². The van der Waals surface area contributed by atoms with E-state index in [9.17, 15) is 4.39 Å². The number of benzene rings is 1. The zero-order valence-corrected chi connectivity index (χ0v) is 10.1. The highest BCUT2D eigenvalue weighted by atomic mass is 19.1. The Bertz CT molecular complexity index is 380. The number of likely N-dealkylation sites (N-methyl/N-ethyl adjacent to an activating group) is 1. The summed E-state index contributed by atoms with van der Waals surface area (Å²) in [5.74, 6) is -0.240. The SMILES string of the molecule is CN(CCO)c1cc(CNC2CC2)ccc1F. The van der Waals surface area contributed by atoms with Gasteiger partial charge in [0.25, 0.3) is 0 Å². The maximum atomic E-state index is 13.6. The predicted octanol–water partition coefficient (Wildman–Crippen LogP) is 1.51. The second-order valence-corrected chi connectivity index (χ2v) is 4.59. The summed E-state index contributed by atoms with van der Waals surface area (Å²) in [7, 11) is 1.78. The van der Waals surface area contributed by atoms with Gasteiger partial charge in [0.1, 0.15) is 5.82 Å². The van der Waals surface area contributed by atoms with Crippen LogP contribution in [-0.2, 0) is 6.54 Å². The summed E-state index contributed by atoms with van der Waals surface area (Å²) in [6.45, 7) is 1.25. The van der Waals surface area contributed by atoms with E-state index in [0.29, 0.717) is 18.3 Å². The Balaban J connectivity index is 2.04. The minimum atomic E-state index is -0.240. The van der Waals surface area contributed by atoms with Crippen molar-refractivity contribution in [2.45, 2.75) is 25.4 Å². The molecule has 2 rings (SSSR count). The zero-order valence-electron chi connectivity index (χ0n) is 10.1. The molecule has 0 saturated heterocycles. The number of anilines is 1. The van der Waals surface area contributed by atoms with Crippen LogP contribution in [0.1, 0.15) is 18.4 Å². The van der Waals surface area contributed by atoms with E-state index >= 15 is 0 Å². The molecule has 0 atom stereocenters. The van der Waals surface area contributed by atoms with Crippen molar-refractivity contribution in [1.29, 1.82) is 0 Å². The van der Waals surface area contributed by atoms with Gasteiger partial charge in [-0.1, -0.05) is 6.07 Å². The Kier molecular flexibility index (Phi) is 3.97. The molecule has 4 heteroatoms. The van der Waals surface area contributed by atoms with Crippen molar-refractivity contribution in [1.82, 2.24) is 5.32 Å². The average Bonchev–Trinajstić information content (AvgIpc) is 3.12. The number of nitrogens with one attached hydrogen (secondary N) is 1. The smallest absolute Gasteiger partial charge is 0.146 e. The molecule has 1 aliphatic rings. The third kappa shape index (κ3) is 3.41. The van der Waals surface area contributed by atoms with Crippen LogP contribution in [0.4, 0.5) is 10.1 Å². The zero-order chi connectivity index (χ0) is 12.3. The summed E-state index contributed by atoms with van der Waals surface area (Å²) in [6, 6.07) is 5.80. The van der Waals surface area contributed by atoms with Gasteiger partial charge in [0.2, 0.25) is 0 Å². The highest BCUT2D eigenvalue weighted by Crippen LogP contribution is 2.22. The fraction of sp³-hybridized carbons (Fsp3) is 0.538. The molecule has 0 spiro atoms. The first-order chi connectivity index (χ1) is 8.20. The normalized spacial score (nSPS) is 15.0. The Morgan fingerprint density at radius 2 is 2.24 bits per heavy atom. The molecule has 0 aromatic heterocycles. The van der Waals surface area contributed by atoms with Gasteiger partial charge in [-0.15, -0.1) is 0 Å². The molecule has 3 nitrogen and oxygen atoms in total. The van der Waals surface area contributed by atoms with Crippen LogP contribution in [0.3, 0.4) is 0 Å². The van der Waals surface area contributed by atoms with Gasteiger partial charge in [-0.3, -0.25) is 0 Å². The van der Waals surface area contributed by atoms with Crippen LogP contribution in [0.25, 0.3) is 0 Å². The summed E-state index contributed by atoms with van der Waals surface area (Å²) in [5.41, 5.74) is 1.63. The van der Waals surface area contributed by atoms with Crippen LogP contribution < -0.4 is 10.2 Å². The molecule has 94 valence electrons. The van der Waals surface area contributed by atoms with Gasteiger partial charge in [-0.2, -0.15) is 0 Å². The summed E-state index contributed by atoms with van der Waals surface area (Å²) in [5, 5.41) is 12.3. The van der Waals surface area contributed by atoms with Gasteiger partial charge in [0.15, 0.2) is 0 Å². The predicted molar refractivity (Wildman–Crippen MR) is 66.6 cm³/mol. The molecule has 0 amide bonds. The first kappa shape index (κ1) is 12.3. The Labute approximate surface area is 101 Å². The maximum absolute atomic E-state index is 13.6. The molecule has 0 radical (unpaired) electrons. The summed E-state index contributed by atoms with van der Waals surface area (Å²) < 4.78 is 13.6. The molecule has 0 heterocycles. The van der Waals surface area contributed by atoms with Gasteiger partial charge >= 0.3 is 0 Å². The number of aliphatic hydroxyl groups excluding tert-OH is 1. The van der Waals surface area contributed by atoms with Crippen LogP contribution in [-0.4, -0.2) is 31.3 Å². The van der Waals surface area contributed by atoms with E-state index in [-0.39, 0.29) is 12.4 Å². The van der Waals surface area contributed by atoms with Crippen LogP contribution >= 0.6 is 0 Å². The Hall–Kier alpha value is -1.13. The molecule has 0 unspecified atom stereocenters. The molecule has 0 aliphatic heterocycles. The van der Waals surface area contributed by atoms with Crippen molar-refractivity contribution >= 4 is 5.69 Å².